The van der Waals surface area contributed by atoms with Gasteiger partial charge >= 0.3 is 19.3 Å². The van der Waals surface area contributed by atoms with Crippen LogP contribution in [-0.4, -0.2) is 19.3 Å². The van der Waals surface area contributed by atoms with Gasteiger partial charge in [0, 0.05) is 0 Å². The van der Waals surface area contributed by atoms with Gasteiger partial charge in [-0.1, -0.05) is 103 Å². The van der Waals surface area contributed by atoms with Gasteiger partial charge in [-0.25, -0.2) is 0 Å². The van der Waals surface area contributed by atoms with E-state index in [2.05, 4.69) is 6.92 Å². The molecule has 2 heteroatoms. The molecule has 0 amide bonds. The zero-order valence-electron chi connectivity index (χ0n) is 13.4. The predicted molar refractivity (Wildman–Crippen MR) is 91.3 cm³/mol. The zero-order chi connectivity index (χ0) is 14.0. The normalized spacial score (nSPS) is 10.6. The fraction of sp³-hybridized carbons (Fsp3) is 1.00. The molecule has 0 aromatic rings. The Bertz CT molecular complexity index is 134. The van der Waals surface area contributed by atoms with Gasteiger partial charge in [-0.3, -0.25) is 0 Å². The highest BCUT2D eigenvalue weighted by Gasteiger charge is 1.94. The van der Waals surface area contributed by atoms with Crippen molar-refractivity contribution in [3.8, 4) is 0 Å². The minimum absolute atomic E-state index is 0.177. The largest absolute Gasteiger partial charge is 0.501 e. The number of unbranched alkanes of at least 4 members (excludes halogenated alkanes) is 14. The first-order valence-electron chi connectivity index (χ1n) is 8.97. The Morgan fingerprint density at radius 1 is 0.526 bits per heavy atom. The summed E-state index contributed by atoms with van der Waals surface area (Å²) in [4.78, 5) is 0. The first-order chi connectivity index (χ1) is 9.41. The van der Waals surface area contributed by atoms with Crippen molar-refractivity contribution in [1.29, 1.82) is 0 Å². The topological polar surface area (TPSA) is 0 Å². The number of hydrogen-bond acceptors (Lipinski definition) is 0. The van der Waals surface area contributed by atoms with Crippen molar-refractivity contribution in [3.05, 3.63) is 0 Å². The third-order valence-electron chi connectivity index (χ3n) is 3.99. The van der Waals surface area contributed by atoms with Crippen LogP contribution in [-0.2, 0) is 0 Å². The molecular weight excluding hydrogens is 264 g/mol. The summed E-state index contributed by atoms with van der Waals surface area (Å²) >= 11 is -0.177. The molecule has 0 radical (unpaired) electrons. The summed E-state index contributed by atoms with van der Waals surface area (Å²) in [5.41, 5.74) is 0. The maximum absolute atomic E-state index is 5.80. The van der Waals surface area contributed by atoms with E-state index >= 15 is 0 Å². The molecule has 0 saturated carbocycles. The van der Waals surface area contributed by atoms with Crippen molar-refractivity contribution in [2.45, 2.75) is 108 Å². The Morgan fingerprint density at radius 2 is 0.842 bits per heavy atom. The van der Waals surface area contributed by atoms with E-state index in [1.54, 1.807) is 0 Å². The van der Waals surface area contributed by atoms with Crippen molar-refractivity contribution in [2.75, 3.05) is 0 Å². The van der Waals surface area contributed by atoms with Crippen LogP contribution in [0.15, 0.2) is 0 Å². The molecule has 19 heavy (non-hydrogen) atoms. The van der Waals surface area contributed by atoms with E-state index in [9.17, 15) is 0 Å². The molecule has 0 unspecified atom stereocenters. The standard InChI is InChI=1S/C17H35.ClH.Mg/c1-3-5-7-9-11-13-15-17-16-14-12-10-8-6-4-2;;/h1,3-17H2,2H3;1H;/q;;+1/p-1. The van der Waals surface area contributed by atoms with Crippen LogP contribution in [0.1, 0.15) is 103 Å². The highest BCUT2D eigenvalue weighted by molar-refractivity contribution is 6.93. The second kappa shape index (κ2) is 19.1. The van der Waals surface area contributed by atoms with Crippen molar-refractivity contribution in [3.63, 3.8) is 0 Å². The molecule has 112 valence electrons. The van der Waals surface area contributed by atoms with Crippen molar-refractivity contribution < 1.29 is 0 Å². The summed E-state index contributed by atoms with van der Waals surface area (Å²) in [6, 6.07) is 0. The average molecular weight is 299 g/mol. The van der Waals surface area contributed by atoms with E-state index in [0.717, 1.165) is 0 Å². The highest BCUT2D eigenvalue weighted by Crippen LogP contribution is 2.13. The van der Waals surface area contributed by atoms with Crippen LogP contribution in [0.5, 0.6) is 0 Å². The average Bonchev–Trinajstić information content (AvgIpc) is 2.43. The fourth-order valence-electron chi connectivity index (χ4n) is 2.64. The monoisotopic (exact) mass is 298 g/mol. The lowest BCUT2D eigenvalue weighted by atomic mass is 10.0. The van der Waals surface area contributed by atoms with E-state index in [4.69, 9.17) is 9.07 Å². The maximum Gasteiger partial charge on any atom is 0.501 e. The number of rotatable bonds is 16. The van der Waals surface area contributed by atoms with Gasteiger partial charge in [-0.05, 0) is 0 Å². The molecule has 0 heterocycles. The van der Waals surface area contributed by atoms with Gasteiger partial charge in [-0.15, -0.1) is 4.55 Å². The number of halogens is 1. The summed E-state index contributed by atoms with van der Waals surface area (Å²) in [5.74, 6) is 0. The second-order valence-corrected chi connectivity index (χ2v) is 8.21. The van der Waals surface area contributed by atoms with Crippen LogP contribution in [0.3, 0.4) is 0 Å². The quantitative estimate of drug-likeness (QED) is 0.210. The molecule has 0 nitrogen and oxygen atoms in total. The summed E-state index contributed by atoms with van der Waals surface area (Å²) in [7, 11) is 5.80. The van der Waals surface area contributed by atoms with Crippen LogP contribution in [0, 0.1) is 0 Å². The van der Waals surface area contributed by atoms with Crippen LogP contribution >= 0.6 is 9.07 Å². The van der Waals surface area contributed by atoms with Gasteiger partial charge in [0.2, 0.25) is 0 Å². The van der Waals surface area contributed by atoms with Crippen molar-refractivity contribution in [1.82, 2.24) is 0 Å². The van der Waals surface area contributed by atoms with Gasteiger partial charge in [0.05, 0.1) is 0 Å². The minimum atomic E-state index is -0.177. The minimum Gasteiger partial charge on any atom is -0.346 e. The lowest BCUT2D eigenvalue weighted by Crippen LogP contribution is -1.84. The highest BCUT2D eigenvalue weighted by atomic mass is 35.5. The zero-order valence-corrected chi connectivity index (χ0v) is 15.6. The van der Waals surface area contributed by atoms with E-state index in [-0.39, 0.29) is 19.3 Å². The van der Waals surface area contributed by atoms with Crippen LogP contribution in [0.2, 0.25) is 4.55 Å². The third kappa shape index (κ3) is 19.1. The Morgan fingerprint density at radius 3 is 1.16 bits per heavy atom. The molecule has 0 fully saturated rings. The number of hydrogen-bond donors (Lipinski definition) is 0. The molecule has 0 aliphatic heterocycles. The van der Waals surface area contributed by atoms with Crippen molar-refractivity contribution >= 4 is 28.3 Å². The molecule has 0 aromatic heterocycles. The van der Waals surface area contributed by atoms with Gasteiger partial charge < -0.3 is 9.07 Å². The van der Waals surface area contributed by atoms with Gasteiger partial charge in [0.1, 0.15) is 0 Å². The lowest BCUT2D eigenvalue weighted by Gasteiger charge is -2.03. The molecular formula is C17H35ClMg. The molecule has 0 saturated heterocycles. The lowest BCUT2D eigenvalue weighted by molar-refractivity contribution is 0.534. The van der Waals surface area contributed by atoms with Gasteiger partial charge in [0.25, 0.3) is 0 Å². The Balaban J connectivity index is 2.88. The maximum atomic E-state index is 5.80. The first-order valence-corrected chi connectivity index (χ1v) is 12.1. The molecule has 0 aromatic carbocycles. The molecule has 0 aliphatic carbocycles. The first kappa shape index (κ1) is 20.1. The predicted octanol–water partition coefficient (Wildman–Crippen LogP) is 7.13. The van der Waals surface area contributed by atoms with Gasteiger partial charge in [0.15, 0.2) is 0 Å². The summed E-state index contributed by atoms with van der Waals surface area (Å²) < 4.78 is 1.35. The van der Waals surface area contributed by atoms with E-state index in [0.29, 0.717) is 0 Å². The van der Waals surface area contributed by atoms with E-state index < -0.39 is 0 Å². The molecule has 0 spiro atoms. The SMILES string of the molecule is CCCCCCCCCCCCCCCC[CH2][Mg][Cl]. The smallest absolute Gasteiger partial charge is 0.346 e. The third-order valence-corrected chi connectivity index (χ3v) is 5.56. The van der Waals surface area contributed by atoms with Crippen LogP contribution in [0.25, 0.3) is 0 Å². The summed E-state index contributed by atoms with van der Waals surface area (Å²) in [5, 5.41) is 0. The molecule has 0 bridgehead atoms. The van der Waals surface area contributed by atoms with E-state index in [1.165, 1.54) is 101 Å². The second-order valence-electron chi connectivity index (χ2n) is 5.99. The molecule has 0 atom stereocenters. The van der Waals surface area contributed by atoms with Crippen LogP contribution < -0.4 is 0 Å². The van der Waals surface area contributed by atoms with Crippen LogP contribution in [0.4, 0.5) is 0 Å². The Hall–Kier alpha value is 1.06. The Labute approximate surface area is 136 Å². The fourth-order valence-corrected chi connectivity index (χ4v) is 3.75. The summed E-state index contributed by atoms with van der Waals surface area (Å²) in [6.07, 6.45) is 21.8. The van der Waals surface area contributed by atoms with Gasteiger partial charge in [-0.2, -0.15) is 0 Å². The van der Waals surface area contributed by atoms with Crippen molar-refractivity contribution in [2.24, 2.45) is 0 Å². The molecule has 0 N–H and O–H groups in total. The summed E-state index contributed by atoms with van der Waals surface area (Å²) in [6.45, 7) is 2.29. The Kier molecular flexibility index (Phi) is 20.1. The van der Waals surface area contributed by atoms with E-state index in [1.807, 2.05) is 0 Å². The molecule has 0 aliphatic rings. The molecule has 0 rings (SSSR count).